The minimum Gasteiger partial charge on any atom is -0.493 e. The monoisotopic (exact) mass is 410 g/mol. The van der Waals surface area contributed by atoms with E-state index in [2.05, 4.69) is 48.2 Å². The van der Waals surface area contributed by atoms with Crippen molar-refractivity contribution < 1.29 is 9.47 Å². The molecular weight excluding hydrogens is 384 g/mol. The number of hydrogen-bond donors (Lipinski definition) is 1. The highest BCUT2D eigenvalue weighted by molar-refractivity contribution is 7.71. The van der Waals surface area contributed by atoms with E-state index in [4.69, 9.17) is 21.7 Å². The van der Waals surface area contributed by atoms with Gasteiger partial charge in [0.05, 0.1) is 13.3 Å². The Bertz CT molecular complexity index is 1080. The first-order valence-electron chi connectivity index (χ1n) is 9.51. The van der Waals surface area contributed by atoms with E-state index in [1.54, 1.807) is 18.0 Å². The number of aromatic nitrogens is 3. The SMILES string of the molecule is CCc1n[nH]c(=S)n1/N=C/c1ccc(OCc2c(C)cc(C)cc2C)c(OC)c1. The summed E-state index contributed by atoms with van der Waals surface area (Å²) in [6.45, 7) is 8.82. The molecule has 29 heavy (non-hydrogen) atoms. The lowest BCUT2D eigenvalue weighted by molar-refractivity contribution is 0.283. The average molecular weight is 411 g/mol. The van der Waals surface area contributed by atoms with E-state index in [-0.39, 0.29) is 0 Å². The van der Waals surface area contributed by atoms with Crippen molar-refractivity contribution in [3.63, 3.8) is 0 Å². The van der Waals surface area contributed by atoms with E-state index < -0.39 is 0 Å². The predicted octanol–water partition coefficient (Wildman–Crippen LogP) is 4.90. The summed E-state index contributed by atoms with van der Waals surface area (Å²) in [5.41, 5.74) is 5.79. The zero-order chi connectivity index (χ0) is 21.0. The molecule has 3 rings (SSSR count). The van der Waals surface area contributed by atoms with Gasteiger partial charge in [-0.3, -0.25) is 5.10 Å². The van der Waals surface area contributed by atoms with Crippen molar-refractivity contribution in [1.29, 1.82) is 0 Å². The van der Waals surface area contributed by atoms with Gasteiger partial charge in [0.2, 0.25) is 4.77 Å². The van der Waals surface area contributed by atoms with E-state index in [1.165, 1.54) is 22.3 Å². The summed E-state index contributed by atoms with van der Waals surface area (Å²) in [5.74, 6) is 2.13. The van der Waals surface area contributed by atoms with E-state index in [0.29, 0.717) is 22.9 Å². The topological polar surface area (TPSA) is 64.4 Å². The number of ether oxygens (including phenoxy) is 2. The van der Waals surface area contributed by atoms with E-state index in [9.17, 15) is 0 Å². The average Bonchev–Trinajstić information content (AvgIpc) is 3.05. The Labute approximate surface area is 176 Å². The van der Waals surface area contributed by atoms with Gasteiger partial charge in [0, 0.05) is 6.42 Å². The number of aryl methyl sites for hydroxylation is 4. The summed E-state index contributed by atoms with van der Waals surface area (Å²) in [4.78, 5) is 0. The molecular formula is C22H26N4O2S. The number of H-pyrrole nitrogens is 1. The lowest BCUT2D eigenvalue weighted by Crippen LogP contribution is -2.03. The normalized spacial score (nSPS) is 11.2. The smallest absolute Gasteiger partial charge is 0.216 e. The minimum absolute atomic E-state index is 0.467. The minimum atomic E-state index is 0.467. The van der Waals surface area contributed by atoms with Crippen LogP contribution < -0.4 is 9.47 Å². The maximum atomic E-state index is 6.07. The molecule has 0 aliphatic rings. The van der Waals surface area contributed by atoms with Gasteiger partial charge in [0.15, 0.2) is 17.3 Å². The van der Waals surface area contributed by atoms with Crippen LogP contribution in [0.25, 0.3) is 0 Å². The van der Waals surface area contributed by atoms with Crippen molar-refractivity contribution >= 4 is 18.4 Å². The zero-order valence-electron chi connectivity index (χ0n) is 17.4. The number of hydrogen-bond acceptors (Lipinski definition) is 5. The van der Waals surface area contributed by atoms with Crippen molar-refractivity contribution in [3.05, 3.63) is 68.7 Å². The van der Waals surface area contributed by atoms with Crippen molar-refractivity contribution in [2.75, 3.05) is 7.11 Å². The lowest BCUT2D eigenvalue weighted by atomic mass is 10.0. The summed E-state index contributed by atoms with van der Waals surface area (Å²) < 4.78 is 13.7. The molecule has 0 aliphatic heterocycles. The molecule has 0 fully saturated rings. The Hall–Kier alpha value is -2.93. The van der Waals surface area contributed by atoms with Crippen molar-refractivity contribution in [1.82, 2.24) is 14.9 Å². The van der Waals surface area contributed by atoms with Crippen LogP contribution in [0.5, 0.6) is 11.5 Å². The van der Waals surface area contributed by atoms with Crippen LogP contribution in [0.15, 0.2) is 35.4 Å². The van der Waals surface area contributed by atoms with Crippen LogP contribution in [0.2, 0.25) is 0 Å². The number of benzene rings is 2. The molecule has 0 aliphatic carbocycles. The standard InChI is InChI=1S/C22H26N4O2S/c1-6-21-24-25-22(29)26(21)23-12-17-7-8-19(20(11-17)27-5)28-13-18-15(3)9-14(2)10-16(18)4/h7-12H,6,13H2,1-5H3,(H,25,29)/b23-12+. The van der Waals surface area contributed by atoms with E-state index in [1.807, 2.05) is 25.1 Å². The second kappa shape index (κ2) is 9.05. The molecule has 0 saturated heterocycles. The third-order valence-corrected chi connectivity index (χ3v) is 5.02. The van der Waals surface area contributed by atoms with Gasteiger partial charge in [-0.2, -0.15) is 14.9 Å². The molecule has 2 aromatic carbocycles. The fourth-order valence-electron chi connectivity index (χ4n) is 3.27. The molecule has 1 heterocycles. The molecule has 0 unspecified atom stereocenters. The number of rotatable bonds is 7. The molecule has 1 N–H and O–H groups in total. The lowest BCUT2D eigenvalue weighted by Gasteiger charge is -2.15. The van der Waals surface area contributed by atoms with Gasteiger partial charge in [0.1, 0.15) is 6.61 Å². The van der Waals surface area contributed by atoms with Crippen LogP contribution in [-0.4, -0.2) is 28.2 Å². The summed E-state index contributed by atoms with van der Waals surface area (Å²) >= 11 is 5.22. The van der Waals surface area contributed by atoms with Gasteiger partial charge in [0.25, 0.3) is 0 Å². The highest BCUT2D eigenvalue weighted by Gasteiger charge is 2.09. The van der Waals surface area contributed by atoms with Crippen molar-refractivity contribution in [2.45, 2.75) is 40.7 Å². The quantitative estimate of drug-likeness (QED) is 0.445. The van der Waals surface area contributed by atoms with Crippen LogP contribution in [0.1, 0.15) is 40.6 Å². The Kier molecular flexibility index (Phi) is 6.49. The number of methoxy groups -OCH3 is 1. The molecule has 1 aromatic heterocycles. The van der Waals surface area contributed by atoms with Crippen LogP contribution in [0.3, 0.4) is 0 Å². The largest absolute Gasteiger partial charge is 0.493 e. The van der Waals surface area contributed by atoms with Gasteiger partial charge in [-0.1, -0.05) is 24.6 Å². The summed E-state index contributed by atoms with van der Waals surface area (Å²) in [7, 11) is 1.63. The highest BCUT2D eigenvalue weighted by Crippen LogP contribution is 2.29. The Morgan fingerprint density at radius 1 is 1.14 bits per heavy atom. The molecule has 0 saturated carbocycles. The fraction of sp³-hybridized carbons (Fsp3) is 0.318. The Morgan fingerprint density at radius 3 is 2.52 bits per heavy atom. The number of nitrogens with one attached hydrogen (secondary N) is 1. The Balaban J connectivity index is 1.80. The van der Waals surface area contributed by atoms with Gasteiger partial charge in [-0.15, -0.1) is 0 Å². The van der Waals surface area contributed by atoms with Crippen LogP contribution in [0.4, 0.5) is 0 Å². The second-order valence-corrected chi connectivity index (χ2v) is 7.32. The summed E-state index contributed by atoms with van der Waals surface area (Å²) in [6.07, 6.45) is 2.46. The van der Waals surface area contributed by atoms with Gasteiger partial charge < -0.3 is 9.47 Å². The second-order valence-electron chi connectivity index (χ2n) is 6.93. The van der Waals surface area contributed by atoms with Crippen molar-refractivity contribution in [2.24, 2.45) is 5.10 Å². The molecule has 0 atom stereocenters. The first kappa shape index (κ1) is 20.8. The maximum absolute atomic E-state index is 6.07. The Morgan fingerprint density at radius 2 is 1.86 bits per heavy atom. The van der Waals surface area contributed by atoms with Gasteiger partial charge >= 0.3 is 0 Å². The third-order valence-electron chi connectivity index (χ3n) is 4.76. The molecule has 0 radical (unpaired) electrons. The van der Waals surface area contributed by atoms with Gasteiger partial charge in [-0.05, 0) is 73.4 Å². The molecule has 0 bridgehead atoms. The summed E-state index contributed by atoms with van der Waals surface area (Å²) in [6, 6.07) is 10.1. The van der Waals surface area contributed by atoms with Crippen molar-refractivity contribution in [3.8, 4) is 11.5 Å². The first-order valence-corrected chi connectivity index (χ1v) is 9.92. The van der Waals surface area contributed by atoms with E-state index in [0.717, 1.165) is 17.8 Å². The van der Waals surface area contributed by atoms with Crippen LogP contribution in [-0.2, 0) is 13.0 Å². The number of nitrogens with zero attached hydrogens (tertiary/aromatic N) is 3. The first-order chi connectivity index (χ1) is 13.9. The molecule has 152 valence electrons. The molecule has 0 spiro atoms. The molecule has 0 amide bonds. The molecule has 7 heteroatoms. The van der Waals surface area contributed by atoms with E-state index >= 15 is 0 Å². The van der Waals surface area contributed by atoms with Crippen LogP contribution >= 0.6 is 12.2 Å². The zero-order valence-corrected chi connectivity index (χ0v) is 18.3. The van der Waals surface area contributed by atoms with Crippen LogP contribution in [0, 0.1) is 25.5 Å². The predicted molar refractivity (Wildman–Crippen MR) is 118 cm³/mol. The van der Waals surface area contributed by atoms with Gasteiger partial charge in [-0.25, -0.2) is 0 Å². The number of aromatic amines is 1. The molecule has 3 aromatic rings. The summed E-state index contributed by atoms with van der Waals surface area (Å²) in [5, 5.41) is 11.3. The molecule has 6 nitrogen and oxygen atoms in total. The fourth-order valence-corrected chi connectivity index (χ4v) is 3.47. The maximum Gasteiger partial charge on any atom is 0.216 e. The highest BCUT2D eigenvalue weighted by atomic mass is 32.1. The third kappa shape index (κ3) is 4.74.